The number of piperidine rings is 1. The Kier molecular flexibility index (Phi) is 6.77. The van der Waals surface area contributed by atoms with Crippen LogP contribution in [0, 0.1) is 5.92 Å². The van der Waals surface area contributed by atoms with E-state index in [1.807, 2.05) is 18.7 Å². The molecule has 1 aliphatic rings. The fourth-order valence-electron chi connectivity index (χ4n) is 2.97. The lowest BCUT2D eigenvalue weighted by Crippen LogP contribution is -2.49. The summed E-state index contributed by atoms with van der Waals surface area (Å²) in [5.41, 5.74) is 0.553. The maximum atomic E-state index is 12.4. The normalized spacial score (nSPS) is 16.3. The molecule has 142 valence electrons. The summed E-state index contributed by atoms with van der Waals surface area (Å²) in [7, 11) is 0. The molecule has 1 N–H and O–H groups in total. The number of carbonyl (C=O) groups is 3. The second-order valence-corrected chi connectivity index (χ2v) is 7.11. The lowest BCUT2D eigenvalue weighted by Gasteiger charge is -2.33. The summed E-state index contributed by atoms with van der Waals surface area (Å²) >= 11 is 0. The van der Waals surface area contributed by atoms with E-state index in [4.69, 9.17) is 4.74 Å². The Hall–Kier alpha value is -2.37. The van der Waals surface area contributed by atoms with Gasteiger partial charge in [0.1, 0.15) is 5.75 Å². The molecule has 26 heavy (non-hydrogen) atoms. The van der Waals surface area contributed by atoms with Crippen molar-refractivity contribution in [2.45, 2.75) is 52.7 Å². The highest BCUT2D eigenvalue weighted by Gasteiger charge is 2.26. The van der Waals surface area contributed by atoms with Crippen LogP contribution < -0.4 is 10.1 Å². The maximum Gasteiger partial charge on any atom is 0.260 e. The van der Waals surface area contributed by atoms with Gasteiger partial charge in [0, 0.05) is 30.6 Å². The first-order chi connectivity index (χ1) is 12.3. The minimum absolute atomic E-state index is 0.000305. The van der Waals surface area contributed by atoms with E-state index in [1.54, 1.807) is 31.2 Å². The largest absolute Gasteiger partial charge is 0.481 e. The van der Waals surface area contributed by atoms with Gasteiger partial charge in [-0.15, -0.1) is 0 Å². The number of rotatable bonds is 6. The molecule has 1 heterocycles. The Morgan fingerprint density at radius 2 is 1.81 bits per heavy atom. The number of amides is 2. The molecule has 1 unspecified atom stereocenters. The quantitative estimate of drug-likeness (QED) is 0.791. The third kappa shape index (κ3) is 5.31. The topological polar surface area (TPSA) is 75.7 Å². The Morgan fingerprint density at radius 1 is 1.15 bits per heavy atom. The second-order valence-electron chi connectivity index (χ2n) is 7.11. The van der Waals surface area contributed by atoms with Crippen LogP contribution in [-0.4, -0.2) is 47.7 Å². The van der Waals surface area contributed by atoms with E-state index < -0.39 is 6.10 Å². The van der Waals surface area contributed by atoms with E-state index in [2.05, 4.69) is 5.32 Å². The zero-order valence-corrected chi connectivity index (χ0v) is 16.0. The maximum absolute atomic E-state index is 12.4. The summed E-state index contributed by atoms with van der Waals surface area (Å²) in [6, 6.07) is 6.87. The molecule has 1 aliphatic heterocycles. The van der Waals surface area contributed by atoms with Crippen LogP contribution in [0.3, 0.4) is 0 Å². The van der Waals surface area contributed by atoms with E-state index in [0.717, 1.165) is 12.8 Å². The van der Waals surface area contributed by atoms with Gasteiger partial charge in [0.05, 0.1) is 0 Å². The molecule has 0 aromatic heterocycles. The van der Waals surface area contributed by atoms with Gasteiger partial charge >= 0.3 is 0 Å². The molecule has 1 aromatic rings. The standard InChI is InChI=1S/C20H28N2O4/c1-13(2)20(25)22-10-8-17(9-11-22)21-19(24)15(4)26-18-7-5-6-16(12-18)14(3)23/h5-7,12-13,15,17H,8-11H2,1-4H3,(H,21,24). The van der Waals surface area contributed by atoms with Gasteiger partial charge in [0.2, 0.25) is 5.91 Å². The summed E-state index contributed by atoms with van der Waals surface area (Å²) in [5, 5.41) is 3.00. The molecule has 0 saturated carbocycles. The number of hydrogen-bond donors (Lipinski definition) is 1. The Bertz CT molecular complexity index is 664. The predicted octanol–water partition coefficient (Wildman–Crippen LogP) is 2.42. The average Bonchev–Trinajstić information content (AvgIpc) is 2.61. The number of ether oxygens (including phenoxy) is 1. The van der Waals surface area contributed by atoms with Crippen LogP contribution in [0.25, 0.3) is 0 Å². The first kappa shape index (κ1) is 19.9. The Labute approximate surface area is 154 Å². The number of benzene rings is 1. The van der Waals surface area contributed by atoms with Crippen LogP contribution in [0.15, 0.2) is 24.3 Å². The van der Waals surface area contributed by atoms with E-state index in [0.29, 0.717) is 24.4 Å². The molecule has 0 aliphatic carbocycles. The van der Waals surface area contributed by atoms with E-state index in [1.165, 1.54) is 6.92 Å². The molecular formula is C20H28N2O4. The SMILES string of the molecule is CC(=O)c1cccc(OC(C)C(=O)NC2CCN(C(=O)C(C)C)CC2)c1. The Balaban J connectivity index is 1.83. The van der Waals surface area contributed by atoms with Crippen LogP contribution >= 0.6 is 0 Å². The molecule has 0 spiro atoms. The summed E-state index contributed by atoms with van der Waals surface area (Å²) in [6.45, 7) is 8.31. The van der Waals surface area contributed by atoms with Crippen molar-refractivity contribution in [3.05, 3.63) is 29.8 Å². The molecule has 0 radical (unpaired) electrons. The molecule has 2 rings (SSSR count). The molecule has 6 heteroatoms. The summed E-state index contributed by atoms with van der Waals surface area (Å²) in [6.07, 6.45) is 0.834. The van der Waals surface area contributed by atoms with Crippen LogP contribution in [0.1, 0.15) is 50.9 Å². The second kappa shape index (κ2) is 8.83. The van der Waals surface area contributed by atoms with Crippen LogP contribution in [0.5, 0.6) is 5.75 Å². The number of likely N-dealkylation sites (tertiary alicyclic amines) is 1. The number of nitrogens with one attached hydrogen (secondary N) is 1. The lowest BCUT2D eigenvalue weighted by atomic mass is 10.0. The van der Waals surface area contributed by atoms with E-state index in [9.17, 15) is 14.4 Å². The van der Waals surface area contributed by atoms with Crippen molar-refractivity contribution in [3.63, 3.8) is 0 Å². The van der Waals surface area contributed by atoms with E-state index in [-0.39, 0.29) is 29.6 Å². The molecule has 1 atom stereocenters. The van der Waals surface area contributed by atoms with Gasteiger partial charge in [0.15, 0.2) is 11.9 Å². The van der Waals surface area contributed by atoms with Gasteiger partial charge in [-0.3, -0.25) is 14.4 Å². The first-order valence-electron chi connectivity index (χ1n) is 9.14. The fraction of sp³-hybridized carbons (Fsp3) is 0.550. The van der Waals surface area contributed by atoms with Crippen molar-refractivity contribution in [2.24, 2.45) is 5.92 Å². The third-order valence-electron chi connectivity index (χ3n) is 4.57. The number of hydrogen-bond acceptors (Lipinski definition) is 4. The van der Waals surface area contributed by atoms with Gasteiger partial charge in [-0.25, -0.2) is 0 Å². The molecule has 6 nitrogen and oxygen atoms in total. The third-order valence-corrected chi connectivity index (χ3v) is 4.57. The fourth-order valence-corrected chi connectivity index (χ4v) is 2.97. The van der Waals surface area contributed by atoms with Crippen molar-refractivity contribution in [1.29, 1.82) is 0 Å². The smallest absolute Gasteiger partial charge is 0.260 e. The zero-order valence-electron chi connectivity index (χ0n) is 16.0. The number of Topliss-reactive ketones (excluding diaryl/α,β-unsaturated/α-hetero) is 1. The first-order valence-corrected chi connectivity index (χ1v) is 9.14. The van der Waals surface area contributed by atoms with E-state index >= 15 is 0 Å². The molecule has 1 saturated heterocycles. The highest BCUT2D eigenvalue weighted by Crippen LogP contribution is 2.17. The van der Waals surface area contributed by atoms with Crippen molar-refractivity contribution in [2.75, 3.05) is 13.1 Å². The lowest BCUT2D eigenvalue weighted by molar-refractivity contribution is -0.135. The minimum atomic E-state index is -0.660. The van der Waals surface area contributed by atoms with Crippen molar-refractivity contribution in [1.82, 2.24) is 10.2 Å². The van der Waals surface area contributed by atoms with Crippen LogP contribution in [0.4, 0.5) is 0 Å². The highest BCUT2D eigenvalue weighted by atomic mass is 16.5. The molecule has 0 bridgehead atoms. The molecule has 2 amide bonds. The molecule has 1 aromatic carbocycles. The predicted molar refractivity (Wildman–Crippen MR) is 99.1 cm³/mol. The van der Waals surface area contributed by atoms with Crippen molar-refractivity contribution in [3.8, 4) is 5.75 Å². The number of carbonyl (C=O) groups excluding carboxylic acids is 3. The summed E-state index contributed by atoms with van der Waals surface area (Å²) in [4.78, 5) is 37.7. The van der Waals surface area contributed by atoms with Gasteiger partial charge in [-0.2, -0.15) is 0 Å². The summed E-state index contributed by atoms with van der Waals surface area (Å²) in [5.74, 6) is 0.428. The van der Waals surface area contributed by atoms with Crippen LogP contribution in [0.2, 0.25) is 0 Å². The van der Waals surface area contributed by atoms with Crippen LogP contribution in [-0.2, 0) is 9.59 Å². The zero-order chi connectivity index (χ0) is 19.3. The number of ketones is 1. The van der Waals surface area contributed by atoms with Gasteiger partial charge in [-0.1, -0.05) is 26.0 Å². The average molecular weight is 360 g/mol. The monoisotopic (exact) mass is 360 g/mol. The highest BCUT2D eigenvalue weighted by molar-refractivity contribution is 5.94. The molecule has 1 fully saturated rings. The van der Waals surface area contributed by atoms with Crippen molar-refractivity contribution < 1.29 is 19.1 Å². The van der Waals surface area contributed by atoms with Gasteiger partial charge in [-0.05, 0) is 38.8 Å². The van der Waals surface area contributed by atoms with Gasteiger partial charge < -0.3 is 15.0 Å². The minimum Gasteiger partial charge on any atom is -0.481 e. The Morgan fingerprint density at radius 3 is 2.38 bits per heavy atom. The van der Waals surface area contributed by atoms with Gasteiger partial charge in [0.25, 0.3) is 5.91 Å². The van der Waals surface area contributed by atoms with Crippen molar-refractivity contribution >= 4 is 17.6 Å². The number of nitrogens with zero attached hydrogens (tertiary/aromatic N) is 1. The molecular weight excluding hydrogens is 332 g/mol. The summed E-state index contributed by atoms with van der Waals surface area (Å²) < 4.78 is 5.67.